The van der Waals surface area contributed by atoms with Crippen LogP contribution in [0.1, 0.15) is 32.1 Å². The first-order chi connectivity index (χ1) is 7.82. The molecule has 0 atom stereocenters. The predicted octanol–water partition coefficient (Wildman–Crippen LogP) is 1.90. The summed E-state index contributed by atoms with van der Waals surface area (Å²) in [6.07, 6.45) is -1.01. The minimum absolute atomic E-state index is 0.418. The Bertz CT molecular complexity index is 317. The minimum atomic E-state index is -4.69. The second kappa shape index (κ2) is 5.08. The van der Waals surface area contributed by atoms with E-state index < -0.39 is 29.7 Å². The van der Waals surface area contributed by atoms with Gasteiger partial charge in [-0.3, -0.25) is 4.79 Å². The number of carbonyl (C=O) groups excluding carboxylic acids is 1. The highest BCUT2D eigenvalue weighted by Gasteiger charge is 2.40. The monoisotopic (exact) mass is 251 g/mol. The molecule has 1 rings (SSSR count). The summed E-state index contributed by atoms with van der Waals surface area (Å²) < 4.78 is 36.6. The van der Waals surface area contributed by atoms with Crippen LogP contribution in [-0.2, 0) is 4.79 Å². The number of alkyl halides is 3. The molecule has 1 aliphatic carbocycles. The highest BCUT2D eigenvalue weighted by molar-refractivity contribution is 5.95. The smallest absolute Gasteiger partial charge is 0.395 e. The summed E-state index contributed by atoms with van der Waals surface area (Å²) in [7, 11) is 0. The van der Waals surface area contributed by atoms with E-state index in [0.29, 0.717) is 18.9 Å². The Labute approximate surface area is 97.5 Å². The van der Waals surface area contributed by atoms with Crippen LogP contribution in [0, 0.1) is 5.41 Å². The molecule has 0 aromatic carbocycles. The van der Waals surface area contributed by atoms with Gasteiger partial charge in [-0.15, -0.1) is 0 Å². The fraction of sp³-hybridized carbons (Fsp3) is 0.727. The van der Waals surface area contributed by atoms with Crippen molar-refractivity contribution in [3.63, 3.8) is 0 Å². The van der Waals surface area contributed by atoms with Gasteiger partial charge < -0.3 is 10.8 Å². The van der Waals surface area contributed by atoms with E-state index in [1.54, 1.807) is 0 Å². The topological polar surface area (TPSA) is 63.3 Å². The Morgan fingerprint density at radius 1 is 1.29 bits per heavy atom. The van der Waals surface area contributed by atoms with Gasteiger partial charge in [0.05, 0.1) is 12.0 Å². The summed E-state index contributed by atoms with van der Waals surface area (Å²) in [6.45, 7) is -0.423. The maximum absolute atomic E-state index is 12.2. The van der Waals surface area contributed by atoms with Crippen LogP contribution in [0.3, 0.4) is 0 Å². The number of nitrogens with two attached hydrogens (primary N) is 1. The molecule has 3 nitrogen and oxygen atoms in total. The zero-order chi connectivity index (χ0) is 13.1. The van der Waals surface area contributed by atoms with E-state index in [1.165, 1.54) is 0 Å². The number of carbonyl (C=O) groups is 1. The molecular formula is C11H16F3NO2. The molecule has 3 N–H and O–H groups in total. The standard InChI is InChI=1S/C11H16F3NO2/c12-11(13,14)8(15)6-9(17)10(7-16)4-2-1-3-5-10/h6,16H,1-5,7,15H2/b8-6-. The van der Waals surface area contributed by atoms with Crippen molar-refractivity contribution in [2.24, 2.45) is 11.1 Å². The van der Waals surface area contributed by atoms with Crippen LogP contribution >= 0.6 is 0 Å². The lowest BCUT2D eigenvalue weighted by atomic mass is 9.71. The number of rotatable bonds is 3. The largest absolute Gasteiger partial charge is 0.430 e. The Kier molecular flexibility index (Phi) is 4.19. The zero-order valence-electron chi connectivity index (χ0n) is 9.39. The van der Waals surface area contributed by atoms with Crippen molar-refractivity contribution in [3.05, 3.63) is 11.8 Å². The van der Waals surface area contributed by atoms with E-state index in [-0.39, 0.29) is 0 Å². The molecule has 0 aromatic rings. The zero-order valence-corrected chi connectivity index (χ0v) is 9.39. The molecule has 0 unspecified atom stereocenters. The molecule has 6 heteroatoms. The fourth-order valence-corrected chi connectivity index (χ4v) is 2.09. The molecule has 0 radical (unpaired) electrons. The average molecular weight is 251 g/mol. The third-order valence-corrected chi connectivity index (χ3v) is 3.25. The number of allylic oxidation sites excluding steroid dienone is 2. The van der Waals surface area contributed by atoms with Crippen molar-refractivity contribution in [1.29, 1.82) is 0 Å². The maximum atomic E-state index is 12.2. The lowest BCUT2D eigenvalue weighted by Gasteiger charge is -2.33. The van der Waals surface area contributed by atoms with Gasteiger partial charge in [-0.25, -0.2) is 0 Å². The van der Waals surface area contributed by atoms with Crippen LogP contribution in [0.2, 0.25) is 0 Å². The van der Waals surface area contributed by atoms with Crippen LogP contribution < -0.4 is 5.73 Å². The molecule has 0 saturated heterocycles. The van der Waals surface area contributed by atoms with E-state index in [9.17, 15) is 23.1 Å². The van der Waals surface area contributed by atoms with Gasteiger partial charge in [-0.2, -0.15) is 13.2 Å². The quantitative estimate of drug-likeness (QED) is 0.753. The average Bonchev–Trinajstić information content (AvgIpc) is 2.28. The van der Waals surface area contributed by atoms with E-state index in [4.69, 9.17) is 5.73 Å². The normalized spacial score (nSPS) is 21.3. The summed E-state index contributed by atoms with van der Waals surface area (Å²) in [6, 6.07) is 0. The van der Waals surface area contributed by atoms with Gasteiger partial charge in [-0.1, -0.05) is 19.3 Å². The van der Waals surface area contributed by atoms with Crippen LogP contribution in [0.4, 0.5) is 13.2 Å². The second-order valence-corrected chi connectivity index (χ2v) is 4.46. The number of ketones is 1. The molecule has 0 aromatic heterocycles. The van der Waals surface area contributed by atoms with Gasteiger partial charge in [0, 0.05) is 6.08 Å². The van der Waals surface area contributed by atoms with Crippen LogP contribution in [0.15, 0.2) is 11.8 Å². The second-order valence-electron chi connectivity index (χ2n) is 4.46. The highest BCUT2D eigenvalue weighted by Crippen LogP contribution is 2.37. The number of aliphatic hydroxyl groups is 1. The van der Waals surface area contributed by atoms with E-state index in [1.807, 2.05) is 0 Å². The molecule has 0 aliphatic heterocycles. The number of halogens is 3. The van der Waals surface area contributed by atoms with Crippen LogP contribution in [0.5, 0.6) is 0 Å². The molecule has 0 heterocycles. The minimum Gasteiger partial charge on any atom is -0.395 e. The van der Waals surface area contributed by atoms with Crippen molar-refractivity contribution in [2.45, 2.75) is 38.3 Å². The molecule has 1 aliphatic rings. The van der Waals surface area contributed by atoms with Crippen molar-refractivity contribution in [1.82, 2.24) is 0 Å². The van der Waals surface area contributed by atoms with Gasteiger partial charge in [-0.05, 0) is 12.8 Å². The van der Waals surface area contributed by atoms with Crippen molar-refractivity contribution in [3.8, 4) is 0 Å². The summed E-state index contributed by atoms with van der Waals surface area (Å²) in [5.74, 6) is -0.713. The first-order valence-corrected chi connectivity index (χ1v) is 5.51. The summed E-state index contributed by atoms with van der Waals surface area (Å²) in [5.41, 5.74) is 2.34. The first-order valence-electron chi connectivity index (χ1n) is 5.51. The number of hydrogen-bond donors (Lipinski definition) is 2. The molecule has 0 bridgehead atoms. The Morgan fingerprint density at radius 3 is 2.24 bits per heavy atom. The summed E-state index contributed by atoms with van der Waals surface area (Å²) >= 11 is 0. The van der Waals surface area contributed by atoms with Gasteiger partial charge in [0.1, 0.15) is 5.70 Å². The van der Waals surface area contributed by atoms with Gasteiger partial charge in [0.2, 0.25) is 0 Å². The molecule has 1 fully saturated rings. The van der Waals surface area contributed by atoms with E-state index in [0.717, 1.165) is 19.3 Å². The van der Waals surface area contributed by atoms with E-state index in [2.05, 4.69) is 0 Å². The molecular weight excluding hydrogens is 235 g/mol. The third-order valence-electron chi connectivity index (χ3n) is 3.25. The molecule has 0 amide bonds. The molecule has 98 valence electrons. The molecule has 17 heavy (non-hydrogen) atoms. The van der Waals surface area contributed by atoms with Gasteiger partial charge in [0.25, 0.3) is 0 Å². The third kappa shape index (κ3) is 3.21. The number of aliphatic hydroxyl groups excluding tert-OH is 1. The lowest BCUT2D eigenvalue weighted by molar-refractivity contribution is -0.129. The number of hydrogen-bond acceptors (Lipinski definition) is 3. The van der Waals surface area contributed by atoms with Gasteiger partial charge in [0.15, 0.2) is 5.78 Å². The predicted molar refractivity (Wildman–Crippen MR) is 55.9 cm³/mol. The SMILES string of the molecule is N/C(=C\C(=O)C1(CO)CCCCC1)C(F)(F)F. The Morgan fingerprint density at radius 2 is 1.82 bits per heavy atom. The van der Waals surface area contributed by atoms with Crippen molar-refractivity contribution < 1.29 is 23.1 Å². The molecule has 1 saturated carbocycles. The van der Waals surface area contributed by atoms with Crippen molar-refractivity contribution in [2.75, 3.05) is 6.61 Å². The van der Waals surface area contributed by atoms with Gasteiger partial charge >= 0.3 is 6.18 Å². The fourth-order valence-electron chi connectivity index (χ4n) is 2.09. The highest BCUT2D eigenvalue weighted by atomic mass is 19.4. The Hall–Kier alpha value is -1.04. The maximum Gasteiger partial charge on any atom is 0.430 e. The summed E-state index contributed by atoms with van der Waals surface area (Å²) in [5, 5.41) is 9.26. The Balaban J connectivity index is 2.87. The lowest BCUT2D eigenvalue weighted by Crippen LogP contribution is -2.37. The van der Waals surface area contributed by atoms with Crippen molar-refractivity contribution >= 4 is 5.78 Å². The van der Waals surface area contributed by atoms with Crippen LogP contribution in [0.25, 0.3) is 0 Å². The van der Waals surface area contributed by atoms with E-state index >= 15 is 0 Å². The first kappa shape index (κ1) is 14.0. The summed E-state index contributed by atoms with van der Waals surface area (Å²) in [4.78, 5) is 11.8. The van der Waals surface area contributed by atoms with Crippen LogP contribution in [-0.4, -0.2) is 23.7 Å². The molecule has 0 spiro atoms.